The molecule has 0 radical (unpaired) electrons. The van der Waals surface area contributed by atoms with Crippen LogP contribution in [0.3, 0.4) is 0 Å². The molecule has 4 heteroatoms. The highest BCUT2D eigenvalue weighted by Gasteiger charge is 2.45. The molecule has 5 aromatic carbocycles. The molecule has 4 bridgehead atoms. The van der Waals surface area contributed by atoms with Crippen molar-refractivity contribution in [3.8, 4) is 0 Å². The number of ketones is 2. The van der Waals surface area contributed by atoms with Gasteiger partial charge < -0.3 is 8.80 Å². The van der Waals surface area contributed by atoms with Crippen LogP contribution in [0.1, 0.15) is 171 Å². The number of hydrogen-bond acceptors (Lipinski definition) is 2. The van der Waals surface area contributed by atoms with Crippen LogP contribution < -0.4 is 0 Å². The molecule has 4 saturated carbocycles. The van der Waals surface area contributed by atoms with Crippen LogP contribution in [0.5, 0.6) is 0 Å². The van der Waals surface area contributed by atoms with E-state index in [2.05, 4.69) is 83.3 Å². The van der Waals surface area contributed by atoms with Crippen molar-refractivity contribution in [1.29, 1.82) is 0 Å². The van der Waals surface area contributed by atoms with Crippen molar-refractivity contribution in [3.63, 3.8) is 0 Å². The SMILES string of the molecule is CCC1(c2cc3c4cc5c(cc4n4c6cc7c8cc(C9(CC)CCCCC9)cc9c%10cc%11c(cc%10n(c7cc6c(c2)c34)c98)C(=O)C2CC%11C2)C(=O)C2CC5C2)CCCCC1. The number of Topliss-reactive ketones (excluding diaryl/α,β-unsaturated/α-hetero) is 2. The van der Waals surface area contributed by atoms with Gasteiger partial charge in [-0.05, 0) is 170 Å². The lowest BCUT2D eigenvalue weighted by molar-refractivity contribution is 0.0786. The molecule has 4 fully saturated rings. The Morgan fingerprint density at radius 2 is 0.783 bits per heavy atom. The van der Waals surface area contributed by atoms with E-state index in [0.29, 0.717) is 23.4 Å². The molecule has 4 nitrogen and oxygen atoms in total. The van der Waals surface area contributed by atoms with Gasteiger partial charge in [0.1, 0.15) is 0 Å². The molecule has 0 saturated heterocycles. The molecule has 0 spiro atoms. The fraction of sp³-hybridized carbons (Fsp3) is 0.429. The van der Waals surface area contributed by atoms with Crippen molar-refractivity contribution in [3.05, 3.63) is 94.0 Å². The molecular weight excluding hydrogens is 733 g/mol. The van der Waals surface area contributed by atoms with Gasteiger partial charge in [0.2, 0.25) is 0 Å². The van der Waals surface area contributed by atoms with Gasteiger partial charge >= 0.3 is 0 Å². The van der Waals surface area contributed by atoms with E-state index in [1.165, 1.54) is 163 Å². The lowest BCUT2D eigenvalue weighted by Gasteiger charge is -2.41. The van der Waals surface area contributed by atoms with Crippen molar-refractivity contribution in [1.82, 2.24) is 8.80 Å². The van der Waals surface area contributed by atoms with Crippen LogP contribution in [-0.2, 0) is 10.8 Å². The number of hydrogen-bond donors (Lipinski definition) is 0. The van der Waals surface area contributed by atoms with E-state index in [1.54, 1.807) is 0 Å². The van der Waals surface area contributed by atoms with Crippen molar-refractivity contribution in [2.24, 2.45) is 11.8 Å². The molecule has 298 valence electrons. The molecule has 17 rings (SSSR count). The first-order chi connectivity index (χ1) is 29.4. The van der Waals surface area contributed by atoms with Gasteiger partial charge in [-0.15, -0.1) is 0 Å². The van der Waals surface area contributed by atoms with Crippen LogP contribution in [0, 0.1) is 11.8 Å². The number of rotatable bonds is 4. The monoisotopic (exact) mass is 784 g/mol. The molecule has 0 atom stereocenters. The maximum Gasteiger partial charge on any atom is 0.166 e. The normalized spacial score (nSPS) is 25.7. The van der Waals surface area contributed by atoms with Crippen LogP contribution >= 0.6 is 0 Å². The summed E-state index contributed by atoms with van der Waals surface area (Å²) in [7, 11) is 0. The standard InChI is InChI=1S/C56H52N2O2/c1-3-55(11-7-5-8-12-55)33-19-41-37-23-35-29-15-31(16-29)53(59)45(35)27-49(37)57-47-26-40-44-22-34(56(4-2)13-9-6-10-14-56)20-42-38-24-36-30-17-32(18-30)54(60)46(36)28-50(38)58(52(42)44)48(40)25-39(47)43(21-33)51(41)57/h19-32H,3-18H2,1-2H3. The second kappa shape index (κ2) is 11.1. The van der Waals surface area contributed by atoms with Crippen molar-refractivity contribution >= 4 is 87.8 Å². The molecule has 0 amide bonds. The summed E-state index contributed by atoms with van der Waals surface area (Å²) in [6.07, 6.45) is 19.3. The molecule has 4 heterocycles. The average Bonchev–Trinajstić information content (AvgIpc) is 3.96. The molecule has 8 aliphatic rings. The first-order valence-corrected chi connectivity index (χ1v) is 24.0. The molecule has 9 aromatic rings. The van der Waals surface area contributed by atoms with Crippen molar-refractivity contribution < 1.29 is 9.59 Å². The van der Waals surface area contributed by atoms with Gasteiger partial charge in [-0.2, -0.15) is 0 Å². The summed E-state index contributed by atoms with van der Waals surface area (Å²) >= 11 is 0. The minimum absolute atomic E-state index is 0.193. The summed E-state index contributed by atoms with van der Waals surface area (Å²) in [4.78, 5) is 27.8. The van der Waals surface area contributed by atoms with Crippen LogP contribution in [0.15, 0.2) is 60.7 Å². The number of benzene rings is 5. The van der Waals surface area contributed by atoms with E-state index in [1.807, 2.05) is 0 Å². The van der Waals surface area contributed by atoms with Crippen molar-refractivity contribution in [2.45, 2.75) is 139 Å². The summed E-state index contributed by atoms with van der Waals surface area (Å²) in [5, 5.41) is 10.7. The maximum atomic E-state index is 13.9. The zero-order valence-electron chi connectivity index (χ0n) is 35.1. The minimum atomic E-state index is 0.193. The Morgan fingerprint density at radius 3 is 1.15 bits per heavy atom. The third kappa shape index (κ3) is 3.85. The van der Waals surface area contributed by atoms with Crippen LogP contribution in [0.25, 0.3) is 76.2 Å². The number of fused-ring (bicyclic) bond motifs is 12. The third-order valence-corrected chi connectivity index (χ3v) is 18.9. The quantitative estimate of drug-likeness (QED) is 0.178. The van der Waals surface area contributed by atoms with Gasteiger partial charge in [-0.1, -0.05) is 52.4 Å². The van der Waals surface area contributed by atoms with E-state index in [-0.39, 0.29) is 22.7 Å². The summed E-state index contributed by atoms with van der Waals surface area (Å²) in [6, 6.07) is 25.0. The number of carbonyl (C=O) groups is 2. The van der Waals surface area contributed by atoms with Gasteiger partial charge in [0.25, 0.3) is 0 Å². The zero-order valence-corrected chi connectivity index (χ0v) is 35.1. The van der Waals surface area contributed by atoms with Gasteiger partial charge in [-0.3, -0.25) is 9.59 Å². The predicted octanol–water partition coefficient (Wildman–Crippen LogP) is 14.6. The summed E-state index contributed by atoms with van der Waals surface area (Å²) in [5.41, 5.74) is 15.5. The smallest absolute Gasteiger partial charge is 0.166 e. The Kier molecular flexibility index (Phi) is 6.24. The molecule has 4 aromatic heterocycles. The second-order valence-electron chi connectivity index (χ2n) is 21.2. The summed E-state index contributed by atoms with van der Waals surface area (Å²) in [6.45, 7) is 4.84. The van der Waals surface area contributed by atoms with Crippen LogP contribution in [0.2, 0.25) is 0 Å². The minimum Gasteiger partial charge on any atom is -0.308 e. The van der Waals surface area contributed by atoms with Gasteiger partial charge in [0.15, 0.2) is 11.6 Å². The largest absolute Gasteiger partial charge is 0.308 e. The van der Waals surface area contributed by atoms with Crippen LogP contribution in [0.4, 0.5) is 0 Å². The third-order valence-electron chi connectivity index (χ3n) is 18.9. The van der Waals surface area contributed by atoms with Gasteiger partial charge in [0, 0.05) is 66.1 Å². The summed E-state index contributed by atoms with van der Waals surface area (Å²) in [5.74, 6) is 2.19. The van der Waals surface area contributed by atoms with E-state index in [4.69, 9.17) is 0 Å². The Labute approximate surface area is 349 Å². The lowest BCUT2D eigenvalue weighted by atomic mass is 9.62. The van der Waals surface area contributed by atoms with E-state index in [0.717, 1.165) is 49.7 Å². The average molecular weight is 785 g/mol. The second-order valence-corrected chi connectivity index (χ2v) is 21.2. The van der Waals surface area contributed by atoms with E-state index >= 15 is 0 Å². The first kappa shape index (κ1) is 33.7. The number of nitrogens with zero attached hydrogens (tertiary/aromatic N) is 2. The Morgan fingerprint density at radius 1 is 0.433 bits per heavy atom. The topological polar surface area (TPSA) is 43.0 Å². The lowest BCUT2D eigenvalue weighted by Crippen LogP contribution is -2.36. The highest BCUT2D eigenvalue weighted by molar-refractivity contribution is 6.30. The fourth-order valence-corrected chi connectivity index (χ4v) is 15.2. The number of aromatic nitrogens is 2. The maximum absolute atomic E-state index is 13.9. The highest BCUT2D eigenvalue weighted by atomic mass is 16.1. The molecule has 0 aliphatic heterocycles. The molecular formula is C56H52N2O2. The zero-order chi connectivity index (χ0) is 39.6. The fourth-order valence-electron chi connectivity index (χ4n) is 15.2. The first-order valence-electron chi connectivity index (χ1n) is 24.0. The van der Waals surface area contributed by atoms with Gasteiger partial charge in [0.05, 0.1) is 33.1 Å². The molecule has 60 heavy (non-hydrogen) atoms. The highest BCUT2D eigenvalue weighted by Crippen LogP contribution is 2.56. The predicted molar refractivity (Wildman–Crippen MR) is 245 cm³/mol. The van der Waals surface area contributed by atoms with Crippen molar-refractivity contribution in [2.75, 3.05) is 0 Å². The van der Waals surface area contributed by atoms with E-state index < -0.39 is 0 Å². The van der Waals surface area contributed by atoms with Crippen LogP contribution in [-0.4, -0.2) is 20.4 Å². The van der Waals surface area contributed by atoms with Gasteiger partial charge in [-0.25, -0.2) is 0 Å². The Bertz CT molecular complexity index is 3190. The molecule has 8 aliphatic carbocycles. The summed E-state index contributed by atoms with van der Waals surface area (Å²) < 4.78 is 5.13. The van der Waals surface area contributed by atoms with E-state index in [9.17, 15) is 9.59 Å². The number of carbonyl (C=O) groups excluding carboxylic acids is 2. The molecule has 0 N–H and O–H groups in total. The molecule has 0 unspecified atom stereocenters. The Balaban J connectivity index is 1.11. The Hall–Kier alpha value is -4.96.